The van der Waals surface area contributed by atoms with Crippen molar-refractivity contribution >= 4 is 17.6 Å². The van der Waals surface area contributed by atoms with Crippen LogP contribution in [0, 0.1) is 0 Å². The van der Waals surface area contributed by atoms with E-state index in [9.17, 15) is 9.59 Å². The molecule has 0 atom stereocenters. The van der Waals surface area contributed by atoms with Gasteiger partial charge in [-0.25, -0.2) is 4.98 Å². The predicted molar refractivity (Wildman–Crippen MR) is 80.8 cm³/mol. The standard InChI is InChI=1S/C15H22N4O2/c1-2-3-12-8-10(9-13(16)18-12)15(21)17-7-6-14(20)19-11-4-5-11/h8-9,11H,2-7H2,1H3,(H2,16,18)(H,17,21)(H,19,20). The minimum Gasteiger partial charge on any atom is -0.384 e. The Balaban J connectivity index is 1.82. The van der Waals surface area contributed by atoms with Crippen molar-refractivity contribution in [2.45, 2.75) is 45.1 Å². The van der Waals surface area contributed by atoms with Crippen molar-refractivity contribution in [1.82, 2.24) is 15.6 Å². The van der Waals surface area contributed by atoms with E-state index in [1.807, 2.05) is 6.92 Å². The lowest BCUT2D eigenvalue weighted by Crippen LogP contribution is -2.31. The Morgan fingerprint density at radius 2 is 2.14 bits per heavy atom. The molecule has 0 unspecified atom stereocenters. The van der Waals surface area contributed by atoms with Gasteiger partial charge in [0.1, 0.15) is 5.82 Å². The van der Waals surface area contributed by atoms with E-state index in [0.717, 1.165) is 31.4 Å². The zero-order valence-corrected chi connectivity index (χ0v) is 12.3. The summed E-state index contributed by atoms with van der Waals surface area (Å²) in [5.41, 5.74) is 7.02. The van der Waals surface area contributed by atoms with Crippen molar-refractivity contribution in [2.24, 2.45) is 0 Å². The van der Waals surface area contributed by atoms with E-state index >= 15 is 0 Å². The zero-order chi connectivity index (χ0) is 15.2. The smallest absolute Gasteiger partial charge is 0.251 e. The molecule has 0 bridgehead atoms. The third kappa shape index (κ3) is 5.06. The van der Waals surface area contributed by atoms with Gasteiger partial charge in [0.2, 0.25) is 5.91 Å². The number of carbonyl (C=O) groups is 2. The number of nitrogens with zero attached hydrogens (tertiary/aromatic N) is 1. The maximum absolute atomic E-state index is 12.0. The van der Waals surface area contributed by atoms with Crippen LogP contribution >= 0.6 is 0 Å². The molecule has 2 amide bonds. The molecule has 6 nitrogen and oxygen atoms in total. The van der Waals surface area contributed by atoms with E-state index in [4.69, 9.17) is 5.73 Å². The van der Waals surface area contributed by atoms with Gasteiger partial charge in [-0.05, 0) is 31.4 Å². The number of nitrogen functional groups attached to an aromatic ring is 1. The van der Waals surface area contributed by atoms with Crippen LogP contribution in [0.15, 0.2) is 12.1 Å². The van der Waals surface area contributed by atoms with Gasteiger partial charge >= 0.3 is 0 Å². The molecular weight excluding hydrogens is 268 g/mol. The molecule has 1 fully saturated rings. The lowest BCUT2D eigenvalue weighted by atomic mass is 10.1. The molecule has 114 valence electrons. The van der Waals surface area contributed by atoms with Gasteiger partial charge in [0.15, 0.2) is 0 Å². The molecule has 1 aliphatic carbocycles. The highest BCUT2D eigenvalue weighted by atomic mass is 16.2. The molecule has 1 heterocycles. The van der Waals surface area contributed by atoms with Crippen LogP contribution in [0.25, 0.3) is 0 Å². The first kappa shape index (κ1) is 15.3. The van der Waals surface area contributed by atoms with Crippen LogP contribution in [-0.2, 0) is 11.2 Å². The number of anilines is 1. The van der Waals surface area contributed by atoms with Gasteiger partial charge in [0.25, 0.3) is 5.91 Å². The normalized spacial score (nSPS) is 13.8. The van der Waals surface area contributed by atoms with E-state index in [2.05, 4.69) is 15.6 Å². The van der Waals surface area contributed by atoms with Crippen LogP contribution in [0.5, 0.6) is 0 Å². The average Bonchev–Trinajstić information content (AvgIpc) is 3.22. The molecule has 0 saturated heterocycles. The topological polar surface area (TPSA) is 97.1 Å². The van der Waals surface area contributed by atoms with Gasteiger partial charge in [-0.3, -0.25) is 9.59 Å². The number of nitrogens with one attached hydrogen (secondary N) is 2. The van der Waals surface area contributed by atoms with Gasteiger partial charge in [-0.1, -0.05) is 13.3 Å². The number of nitrogens with two attached hydrogens (primary N) is 1. The molecule has 0 aromatic carbocycles. The van der Waals surface area contributed by atoms with Crippen LogP contribution in [0.2, 0.25) is 0 Å². The Kier molecular flexibility index (Phi) is 5.14. The second-order valence-electron chi connectivity index (χ2n) is 5.37. The largest absolute Gasteiger partial charge is 0.384 e. The maximum Gasteiger partial charge on any atom is 0.251 e. The van der Waals surface area contributed by atoms with Crippen LogP contribution in [-0.4, -0.2) is 29.4 Å². The van der Waals surface area contributed by atoms with E-state index < -0.39 is 0 Å². The molecule has 1 aromatic rings. The highest BCUT2D eigenvalue weighted by molar-refractivity contribution is 5.95. The fourth-order valence-electron chi connectivity index (χ4n) is 2.05. The lowest BCUT2D eigenvalue weighted by Gasteiger charge is -2.08. The Hall–Kier alpha value is -2.11. The van der Waals surface area contributed by atoms with Gasteiger partial charge in [-0.15, -0.1) is 0 Å². The zero-order valence-electron chi connectivity index (χ0n) is 12.3. The summed E-state index contributed by atoms with van der Waals surface area (Å²) >= 11 is 0. The SMILES string of the molecule is CCCc1cc(C(=O)NCCC(=O)NC2CC2)cc(N)n1. The quantitative estimate of drug-likeness (QED) is 0.698. The number of rotatable bonds is 7. The van der Waals surface area contributed by atoms with E-state index in [1.165, 1.54) is 0 Å². The van der Waals surface area contributed by atoms with Gasteiger partial charge < -0.3 is 16.4 Å². The molecule has 1 saturated carbocycles. The predicted octanol–water partition coefficient (Wildman–Crippen LogP) is 1.01. The second-order valence-corrected chi connectivity index (χ2v) is 5.37. The fraction of sp³-hybridized carbons (Fsp3) is 0.533. The van der Waals surface area contributed by atoms with Gasteiger partial charge in [0.05, 0.1) is 0 Å². The summed E-state index contributed by atoms with van der Waals surface area (Å²) in [6.07, 6.45) is 4.15. The summed E-state index contributed by atoms with van der Waals surface area (Å²) in [7, 11) is 0. The molecule has 1 aromatic heterocycles. The summed E-state index contributed by atoms with van der Waals surface area (Å²) < 4.78 is 0. The third-order valence-corrected chi connectivity index (χ3v) is 3.25. The molecule has 4 N–H and O–H groups in total. The minimum atomic E-state index is -0.222. The van der Waals surface area contributed by atoms with E-state index in [1.54, 1.807) is 12.1 Å². The van der Waals surface area contributed by atoms with Crippen LogP contribution in [0.3, 0.4) is 0 Å². The molecule has 0 radical (unpaired) electrons. The third-order valence-electron chi connectivity index (χ3n) is 3.25. The number of carbonyl (C=O) groups excluding carboxylic acids is 2. The molecule has 2 rings (SSSR count). The Bertz CT molecular complexity index is 526. The summed E-state index contributed by atoms with van der Waals surface area (Å²) in [5.74, 6) is 0.108. The number of amides is 2. The first-order chi connectivity index (χ1) is 10.1. The molecule has 21 heavy (non-hydrogen) atoms. The average molecular weight is 290 g/mol. The van der Waals surface area contributed by atoms with Crippen molar-refractivity contribution < 1.29 is 9.59 Å². The number of hydrogen-bond donors (Lipinski definition) is 3. The fourth-order valence-corrected chi connectivity index (χ4v) is 2.05. The summed E-state index contributed by atoms with van der Waals surface area (Å²) in [5, 5.41) is 5.62. The van der Waals surface area contributed by atoms with Crippen molar-refractivity contribution in [3.63, 3.8) is 0 Å². The molecule has 0 aliphatic heterocycles. The van der Waals surface area contributed by atoms with Gasteiger partial charge in [-0.2, -0.15) is 0 Å². The summed E-state index contributed by atoms with van der Waals surface area (Å²) in [6.45, 7) is 2.37. The highest BCUT2D eigenvalue weighted by Gasteiger charge is 2.22. The molecule has 0 spiro atoms. The first-order valence-corrected chi connectivity index (χ1v) is 7.42. The number of hydrogen-bond acceptors (Lipinski definition) is 4. The van der Waals surface area contributed by atoms with Crippen molar-refractivity contribution in [3.05, 3.63) is 23.4 Å². The molecule has 6 heteroatoms. The van der Waals surface area contributed by atoms with Crippen molar-refractivity contribution in [1.29, 1.82) is 0 Å². The lowest BCUT2D eigenvalue weighted by molar-refractivity contribution is -0.121. The Morgan fingerprint density at radius 3 is 2.81 bits per heavy atom. The number of pyridine rings is 1. The second kappa shape index (κ2) is 7.06. The Morgan fingerprint density at radius 1 is 1.38 bits per heavy atom. The van der Waals surface area contributed by atoms with Crippen LogP contribution in [0.1, 0.15) is 48.7 Å². The highest BCUT2D eigenvalue weighted by Crippen LogP contribution is 2.18. The van der Waals surface area contributed by atoms with E-state index in [-0.39, 0.29) is 11.8 Å². The van der Waals surface area contributed by atoms with Crippen LogP contribution in [0.4, 0.5) is 5.82 Å². The monoisotopic (exact) mass is 290 g/mol. The Labute approximate surface area is 124 Å². The molecule has 1 aliphatic rings. The first-order valence-electron chi connectivity index (χ1n) is 7.42. The van der Waals surface area contributed by atoms with Crippen molar-refractivity contribution in [3.8, 4) is 0 Å². The molecular formula is C15H22N4O2. The van der Waals surface area contributed by atoms with Crippen molar-refractivity contribution in [2.75, 3.05) is 12.3 Å². The summed E-state index contributed by atoms with van der Waals surface area (Å²) in [4.78, 5) is 27.7. The minimum absolute atomic E-state index is 0.0151. The van der Waals surface area contributed by atoms with Gasteiger partial charge in [0, 0.05) is 30.3 Å². The summed E-state index contributed by atoms with van der Waals surface area (Å²) in [6, 6.07) is 3.66. The number of aryl methyl sites for hydroxylation is 1. The van der Waals surface area contributed by atoms with Crippen LogP contribution < -0.4 is 16.4 Å². The number of aromatic nitrogens is 1. The van der Waals surface area contributed by atoms with E-state index in [0.29, 0.717) is 30.4 Å². The maximum atomic E-state index is 12.0.